The zero-order chi connectivity index (χ0) is 25.0. The van der Waals surface area contributed by atoms with Crippen LogP contribution in [0.15, 0.2) is 54.6 Å². The van der Waals surface area contributed by atoms with Crippen LogP contribution in [0.3, 0.4) is 0 Å². The molecule has 6 nitrogen and oxygen atoms in total. The van der Waals surface area contributed by atoms with Gasteiger partial charge in [0.05, 0.1) is 12.2 Å². The standard InChI is InChI=1S/C28H33ClN2O4/c1-20(9-5-7-16-32)28(35)24-18-22(29)13-14-25(24)31(27(28)34)19-21-10-8-11-23(17-21)30-15-6-3-2-4-12-26(30)33/h5,8-11,13-14,17-18,20,32,35H,2-4,6-7,12,15-16,19H2,1H3/b9-5+/t20-,28+/m0/s1. The highest BCUT2D eigenvalue weighted by Gasteiger charge is 2.52. The fourth-order valence-electron chi connectivity index (χ4n) is 5.03. The van der Waals surface area contributed by atoms with Crippen molar-refractivity contribution in [2.24, 2.45) is 5.92 Å². The highest BCUT2D eigenvalue weighted by molar-refractivity contribution is 6.31. The van der Waals surface area contributed by atoms with Crippen molar-refractivity contribution in [3.63, 3.8) is 0 Å². The summed E-state index contributed by atoms with van der Waals surface area (Å²) in [5.41, 5.74) is 1.05. The number of hydrogen-bond acceptors (Lipinski definition) is 4. The van der Waals surface area contributed by atoms with E-state index in [0.717, 1.165) is 36.9 Å². The Morgan fingerprint density at radius 3 is 2.71 bits per heavy atom. The van der Waals surface area contributed by atoms with E-state index >= 15 is 0 Å². The molecule has 2 aromatic carbocycles. The number of halogens is 1. The zero-order valence-corrected chi connectivity index (χ0v) is 20.9. The average Bonchev–Trinajstić information content (AvgIpc) is 3.04. The Balaban J connectivity index is 1.64. The molecule has 4 rings (SSSR count). The van der Waals surface area contributed by atoms with Gasteiger partial charge >= 0.3 is 0 Å². The minimum absolute atomic E-state index is 0.00000372. The van der Waals surface area contributed by atoms with Crippen LogP contribution in [-0.4, -0.2) is 35.2 Å². The Labute approximate surface area is 211 Å². The van der Waals surface area contributed by atoms with Crippen molar-refractivity contribution in [1.29, 1.82) is 0 Å². The van der Waals surface area contributed by atoms with Crippen LogP contribution in [0.1, 0.15) is 56.6 Å². The van der Waals surface area contributed by atoms with Gasteiger partial charge in [-0.1, -0.05) is 55.7 Å². The molecule has 2 N–H and O–H groups in total. The number of benzene rings is 2. The molecule has 0 aromatic heterocycles. The van der Waals surface area contributed by atoms with Crippen molar-refractivity contribution in [3.8, 4) is 0 Å². The van der Waals surface area contributed by atoms with Crippen LogP contribution in [0.2, 0.25) is 5.02 Å². The molecule has 35 heavy (non-hydrogen) atoms. The predicted molar refractivity (Wildman–Crippen MR) is 138 cm³/mol. The van der Waals surface area contributed by atoms with Crippen molar-refractivity contribution in [1.82, 2.24) is 0 Å². The second-order valence-electron chi connectivity index (χ2n) is 9.43. The fourth-order valence-corrected chi connectivity index (χ4v) is 5.20. The normalized spacial score (nSPS) is 21.8. The topological polar surface area (TPSA) is 81.1 Å². The van der Waals surface area contributed by atoms with E-state index in [1.54, 1.807) is 42.2 Å². The minimum atomic E-state index is -1.76. The molecule has 2 atom stereocenters. The first-order valence-corrected chi connectivity index (χ1v) is 12.7. The number of aliphatic hydroxyl groups excluding tert-OH is 1. The lowest BCUT2D eigenvalue weighted by Crippen LogP contribution is -2.44. The van der Waals surface area contributed by atoms with E-state index in [0.29, 0.717) is 35.7 Å². The molecule has 0 radical (unpaired) electrons. The third-order valence-electron chi connectivity index (χ3n) is 7.00. The third kappa shape index (κ3) is 5.15. The molecule has 1 saturated heterocycles. The van der Waals surface area contributed by atoms with Gasteiger partial charge in [-0.2, -0.15) is 0 Å². The molecule has 186 valence electrons. The van der Waals surface area contributed by atoms with E-state index in [1.807, 2.05) is 29.2 Å². The molecule has 2 aromatic rings. The van der Waals surface area contributed by atoms with Gasteiger partial charge in [-0.05, 0) is 55.2 Å². The molecule has 0 spiro atoms. The van der Waals surface area contributed by atoms with E-state index in [9.17, 15) is 14.7 Å². The van der Waals surface area contributed by atoms with Crippen LogP contribution in [0.25, 0.3) is 0 Å². The van der Waals surface area contributed by atoms with Gasteiger partial charge in [0.2, 0.25) is 5.91 Å². The minimum Gasteiger partial charge on any atom is -0.396 e. The smallest absolute Gasteiger partial charge is 0.264 e. The Hall–Kier alpha value is -2.67. The van der Waals surface area contributed by atoms with Gasteiger partial charge in [0.1, 0.15) is 0 Å². The first-order chi connectivity index (χ1) is 16.9. The Morgan fingerprint density at radius 1 is 1.11 bits per heavy atom. The Kier molecular flexibility index (Phi) is 7.95. The molecule has 0 saturated carbocycles. The molecule has 2 aliphatic rings. The summed E-state index contributed by atoms with van der Waals surface area (Å²) in [6.45, 7) is 2.75. The van der Waals surface area contributed by atoms with Crippen molar-refractivity contribution in [2.45, 2.75) is 57.6 Å². The number of amides is 2. The van der Waals surface area contributed by atoms with Gasteiger partial charge in [-0.3, -0.25) is 9.59 Å². The van der Waals surface area contributed by atoms with Crippen LogP contribution in [-0.2, 0) is 21.7 Å². The van der Waals surface area contributed by atoms with E-state index in [2.05, 4.69) is 0 Å². The summed E-state index contributed by atoms with van der Waals surface area (Å²) >= 11 is 6.25. The van der Waals surface area contributed by atoms with E-state index in [4.69, 9.17) is 16.7 Å². The van der Waals surface area contributed by atoms with Gasteiger partial charge in [0.15, 0.2) is 5.60 Å². The first kappa shape index (κ1) is 25.4. The summed E-state index contributed by atoms with van der Waals surface area (Å²) in [4.78, 5) is 29.9. The summed E-state index contributed by atoms with van der Waals surface area (Å²) in [6, 6.07) is 12.9. The summed E-state index contributed by atoms with van der Waals surface area (Å²) in [6.07, 6.45) is 8.64. The van der Waals surface area contributed by atoms with Gasteiger partial charge in [-0.15, -0.1) is 0 Å². The quantitative estimate of drug-likeness (QED) is 0.532. The van der Waals surface area contributed by atoms with Crippen LogP contribution >= 0.6 is 11.6 Å². The largest absolute Gasteiger partial charge is 0.396 e. The van der Waals surface area contributed by atoms with Crippen molar-refractivity contribution in [2.75, 3.05) is 23.0 Å². The monoisotopic (exact) mass is 496 g/mol. The van der Waals surface area contributed by atoms with Crippen molar-refractivity contribution in [3.05, 3.63) is 70.8 Å². The second kappa shape index (κ2) is 10.9. The number of carbonyl (C=O) groups excluding carboxylic acids is 2. The van der Waals surface area contributed by atoms with E-state index < -0.39 is 17.4 Å². The molecule has 2 amide bonds. The lowest BCUT2D eigenvalue weighted by molar-refractivity contribution is -0.139. The fraction of sp³-hybridized carbons (Fsp3) is 0.429. The van der Waals surface area contributed by atoms with Crippen molar-refractivity contribution >= 4 is 34.8 Å². The molecule has 0 aliphatic carbocycles. The van der Waals surface area contributed by atoms with Gasteiger partial charge < -0.3 is 20.0 Å². The maximum atomic E-state index is 13.7. The van der Waals surface area contributed by atoms with Crippen molar-refractivity contribution < 1.29 is 19.8 Å². The number of anilines is 2. The molecule has 7 heteroatoms. The average molecular weight is 497 g/mol. The molecular weight excluding hydrogens is 464 g/mol. The lowest BCUT2D eigenvalue weighted by atomic mass is 9.83. The maximum absolute atomic E-state index is 13.7. The second-order valence-corrected chi connectivity index (χ2v) is 9.86. The van der Waals surface area contributed by atoms with Crippen LogP contribution < -0.4 is 9.80 Å². The Morgan fingerprint density at radius 2 is 1.91 bits per heavy atom. The number of aliphatic hydroxyl groups is 2. The number of rotatable bonds is 7. The number of hydrogen-bond donors (Lipinski definition) is 2. The summed E-state index contributed by atoms with van der Waals surface area (Å²) in [5, 5.41) is 21.2. The summed E-state index contributed by atoms with van der Waals surface area (Å²) < 4.78 is 0. The molecule has 1 fully saturated rings. The molecule has 0 bridgehead atoms. The number of carbonyl (C=O) groups is 2. The molecule has 2 aliphatic heterocycles. The van der Waals surface area contributed by atoms with Crippen LogP contribution in [0, 0.1) is 5.92 Å². The summed E-state index contributed by atoms with van der Waals surface area (Å²) in [7, 11) is 0. The highest BCUT2D eigenvalue weighted by atomic mass is 35.5. The van der Waals surface area contributed by atoms with Crippen LogP contribution in [0.4, 0.5) is 11.4 Å². The van der Waals surface area contributed by atoms with E-state index in [-0.39, 0.29) is 19.1 Å². The Bertz CT molecular complexity index is 1120. The SMILES string of the molecule is C[C@@H](/C=C/CCO)[C@]1(O)C(=O)N(Cc2cccc(N3CCCCCCC3=O)c2)c2ccc(Cl)cc21. The number of nitrogens with zero attached hydrogens (tertiary/aromatic N) is 2. The first-order valence-electron chi connectivity index (χ1n) is 12.4. The highest BCUT2D eigenvalue weighted by Crippen LogP contribution is 2.46. The van der Waals surface area contributed by atoms with Gasteiger partial charge in [0, 0.05) is 41.8 Å². The zero-order valence-electron chi connectivity index (χ0n) is 20.1. The maximum Gasteiger partial charge on any atom is 0.264 e. The summed E-state index contributed by atoms with van der Waals surface area (Å²) in [5.74, 6) is -0.797. The molecular formula is C28H33ClN2O4. The predicted octanol–water partition coefficient (Wildman–Crippen LogP) is 4.95. The lowest BCUT2D eigenvalue weighted by Gasteiger charge is -2.28. The van der Waals surface area contributed by atoms with Gasteiger partial charge in [-0.25, -0.2) is 0 Å². The van der Waals surface area contributed by atoms with Gasteiger partial charge in [0.25, 0.3) is 5.91 Å². The van der Waals surface area contributed by atoms with E-state index in [1.165, 1.54) is 0 Å². The molecule has 0 unspecified atom stereocenters. The third-order valence-corrected chi connectivity index (χ3v) is 7.23. The number of fused-ring (bicyclic) bond motifs is 1. The molecule has 2 heterocycles. The van der Waals surface area contributed by atoms with Crippen LogP contribution in [0.5, 0.6) is 0 Å².